The van der Waals surface area contributed by atoms with E-state index in [1.807, 2.05) is 43.3 Å². The maximum Gasteiger partial charge on any atom is 0.295 e. The summed E-state index contributed by atoms with van der Waals surface area (Å²) >= 11 is 0. The number of aliphatic hydroxyl groups excluding tert-OH is 1. The normalized spacial score (nSPS) is 18.6. The van der Waals surface area contributed by atoms with Crippen molar-refractivity contribution in [1.82, 2.24) is 9.80 Å². The molecule has 1 saturated heterocycles. The topological polar surface area (TPSA) is 88.5 Å². The van der Waals surface area contributed by atoms with Gasteiger partial charge in [-0.25, -0.2) is 0 Å². The van der Waals surface area contributed by atoms with Crippen molar-refractivity contribution in [2.24, 2.45) is 5.92 Å². The number of rotatable bonds is 10. The number of carbonyl (C=O) groups excluding carboxylic acids is 2. The highest BCUT2D eigenvalue weighted by Crippen LogP contribution is 2.41. The quantitative estimate of drug-likeness (QED) is 0.292. The number of Topliss-reactive ketones (excluding diaryl/α,β-unsaturated/α-hetero) is 1. The molecule has 0 saturated carbocycles. The highest BCUT2D eigenvalue weighted by atomic mass is 16.6. The molecule has 8 heteroatoms. The summed E-state index contributed by atoms with van der Waals surface area (Å²) in [5.74, 6) is 0.695. The predicted octanol–water partition coefficient (Wildman–Crippen LogP) is 4.26. The fraction of sp³-hybridized carbons (Fsp3) is 0.448. The van der Waals surface area contributed by atoms with E-state index in [0.29, 0.717) is 67.1 Å². The van der Waals surface area contributed by atoms with Crippen LogP contribution in [-0.2, 0) is 9.59 Å². The number of aliphatic hydroxyl groups is 1. The largest absolute Gasteiger partial charge is 0.507 e. The molecule has 2 aromatic carbocycles. The first kappa shape index (κ1) is 26.5. The molecule has 0 spiro atoms. The van der Waals surface area contributed by atoms with E-state index in [-0.39, 0.29) is 11.3 Å². The summed E-state index contributed by atoms with van der Waals surface area (Å²) in [6.07, 6.45) is 1.60. The summed E-state index contributed by atoms with van der Waals surface area (Å²) in [5, 5.41) is 11.4. The molecule has 1 amide bonds. The maximum absolute atomic E-state index is 13.3. The molecule has 0 radical (unpaired) electrons. The number of hydrogen-bond donors (Lipinski definition) is 1. The lowest BCUT2D eigenvalue weighted by Gasteiger charge is -2.26. The van der Waals surface area contributed by atoms with Crippen LogP contribution in [0.4, 0.5) is 0 Å². The lowest BCUT2D eigenvalue weighted by molar-refractivity contribution is -0.139. The van der Waals surface area contributed by atoms with Crippen LogP contribution in [0.25, 0.3) is 5.76 Å². The zero-order chi connectivity index (χ0) is 26.5. The number of nitrogens with zero attached hydrogens (tertiary/aromatic N) is 2. The number of likely N-dealkylation sites (tertiary alicyclic amines) is 1. The Morgan fingerprint density at radius 1 is 1.11 bits per heavy atom. The molecule has 0 aliphatic carbocycles. The van der Waals surface area contributed by atoms with Crippen LogP contribution < -0.4 is 14.2 Å². The molecule has 0 bridgehead atoms. The van der Waals surface area contributed by atoms with Crippen molar-refractivity contribution in [3.05, 3.63) is 59.2 Å². The minimum Gasteiger partial charge on any atom is -0.507 e. The van der Waals surface area contributed by atoms with Crippen molar-refractivity contribution >= 4 is 17.4 Å². The molecule has 37 heavy (non-hydrogen) atoms. The van der Waals surface area contributed by atoms with E-state index in [1.165, 1.54) is 0 Å². The number of amides is 1. The first-order valence-corrected chi connectivity index (χ1v) is 12.8. The van der Waals surface area contributed by atoms with Gasteiger partial charge in [0.15, 0.2) is 11.5 Å². The maximum atomic E-state index is 13.3. The van der Waals surface area contributed by atoms with E-state index >= 15 is 0 Å². The average molecular weight is 509 g/mol. The van der Waals surface area contributed by atoms with Gasteiger partial charge in [0.2, 0.25) is 0 Å². The summed E-state index contributed by atoms with van der Waals surface area (Å²) in [6, 6.07) is 11.7. The molecule has 1 atom stereocenters. The molecule has 2 aliphatic heterocycles. The van der Waals surface area contributed by atoms with E-state index in [0.717, 1.165) is 13.0 Å². The molecule has 1 N–H and O–H groups in total. The van der Waals surface area contributed by atoms with E-state index in [2.05, 4.69) is 13.8 Å². The second kappa shape index (κ2) is 11.7. The van der Waals surface area contributed by atoms with Crippen molar-refractivity contribution in [3.63, 3.8) is 0 Å². The second-order valence-corrected chi connectivity index (χ2v) is 10.1. The number of hydrogen-bond acceptors (Lipinski definition) is 7. The van der Waals surface area contributed by atoms with Crippen LogP contribution in [0.3, 0.4) is 0 Å². The van der Waals surface area contributed by atoms with E-state index in [9.17, 15) is 14.7 Å². The van der Waals surface area contributed by atoms with Gasteiger partial charge in [-0.2, -0.15) is 0 Å². The lowest BCUT2D eigenvalue weighted by atomic mass is 9.95. The average Bonchev–Trinajstić information content (AvgIpc) is 3.13. The highest BCUT2D eigenvalue weighted by Gasteiger charge is 2.46. The zero-order valence-electron chi connectivity index (χ0n) is 22.0. The molecule has 1 fully saturated rings. The summed E-state index contributed by atoms with van der Waals surface area (Å²) < 4.78 is 17.2. The molecule has 0 unspecified atom stereocenters. The van der Waals surface area contributed by atoms with Gasteiger partial charge in [0.1, 0.15) is 24.7 Å². The summed E-state index contributed by atoms with van der Waals surface area (Å²) in [6.45, 7) is 6.84. The van der Waals surface area contributed by atoms with Crippen LogP contribution in [-0.4, -0.2) is 73.6 Å². The van der Waals surface area contributed by atoms with Crippen LogP contribution in [0.2, 0.25) is 0 Å². The number of fused-ring (bicyclic) bond motifs is 1. The third-order valence-electron chi connectivity index (χ3n) is 6.50. The molecule has 198 valence electrons. The van der Waals surface area contributed by atoms with Crippen LogP contribution in [0.1, 0.15) is 43.9 Å². The van der Waals surface area contributed by atoms with Gasteiger partial charge in [0.05, 0.1) is 18.2 Å². The molecule has 0 aromatic heterocycles. The molecular formula is C29H36N2O6. The number of carbonyl (C=O) groups is 2. The van der Waals surface area contributed by atoms with E-state index in [1.54, 1.807) is 23.1 Å². The van der Waals surface area contributed by atoms with Gasteiger partial charge in [0, 0.05) is 12.1 Å². The van der Waals surface area contributed by atoms with Gasteiger partial charge in [-0.15, -0.1) is 0 Å². The predicted molar refractivity (Wildman–Crippen MR) is 141 cm³/mol. The van der Waals surface area contributed by atoms with Crippen LogP contribution in [0, 0.1) is 5.92 Å². The molecule has 8 nitrogen and oxygen atoms in total. The van der Waals surface area contributed by atoms with Gasteiger partial charge in [-0.1, -0.05) is 26.0 Å². The van der Waals surface area contributed by atoms with Gasteiger partial charge in [-0.3, -0.25) is 9.59 Å². The Hall–Kier alpha value is -3.52. The Bertz CT molecular complexity index is 1170. The van der Waals surface area contributed by atoms with E-state index in [4.69, 9.17) is 14.2 Å². The first-order chi connectivity index (χ1) is 17.8. The Balaban J connectivity index is 1.73. The molecule has 4 rings (SSSR count). The minimum absolute atomic E-state index is 0.0610. The Kier molecular flexibility index (Phi) is 8.38. The first-order valence-electron chi connectivity index (χ1n) is 12.8. The minimum atomic E-state index is -0.732. The summed E-state index contributed by atoms with van der Waals surface area (Å²) in [4.78, 5) is 30.1. The van der Waals surface area contributed by atoms with E-state index < -0.39 is 17.7 Å². The summed E-state index contributed by atoms with van der Waals surface area (Å²) in [7, 11) is 3.93. The third-order valence-corrected chi connectivity index (χ3v) is 6.50. The van der Waals surface area contributed by atoms with Gasteiger partial charge in [0.25, 0.3) is 11.7 Å². The van der Waals surface area contributed by atoms with Gasteiger partial charge < -0.3 is 29.1 Å². The number of ether oxygens (including phenoxy) is 3. The number of benzene rings is 2. The molecular weight excluding hydrogens is 472 g/mol. The zero-order valence-corrected chi connectivity index (χ0v) is 22.0. The van der Waals surface area contributed by atoms with Crippen molar-refractivity contribution in [2.75, 3.05) is 47.0 Å². The van der Waals surface area contributed by atoms with Crippen LogP contribution in [0.15, 0.2) is 48.0 Å². The smallest absolute Gasteiger partial charge is 0.295 e. The van der Waals surface area contributed by atoms with Crippen molar-refractivity contribution in [3.8, 4) is 17.2 Å². The second-order valence-electron chi connectivity index (χ2n) is 10.1. The van der Waals surface area contributed by atoms with Crippen molar-refractivity contribution in [2.45, 2.75) is 32.7 Å². The van der Waals surface area contributed by atoms with Crippen LogP contribution >= 0.6 is 0 Å². The molecule has 2 heterocycles. The van der Waals surface area contributed by atoms with Crippen LogP contribution in [0.5, 0.6) is 17.2 Å². The Morgan fingerprint density at radius 3 is 2.59 bits per heavy atom. The highest BCUT2D eigenvalue weighted by molar-refractivity contribution is 6.46. The fourth-order valence-corrected chi connectivity index (χ4v) is 4.55. The lowest BCUT2D eigenvalue weighted by Crippen LogP contribution is -2.32. The van der Waals surface area contributed by atoms with Gasteiger partial charge in [-0.05, 0) is 75.3 Å². The summed E-state index contributed by atoms with van der Waals surface area (Å²) in [5.41, 5.74) is 1.17. The van der Waals surface area contributed by atoms with Crippen molar-refractivity contribution < 1.29 is 28.9 Å². The SMILES string of the molecule is CC(C)CCOc1cccc([C@H]2/C(=C(\O)c3ccc4c(c3)OCCO4)C(=O)C(=O)N2CCCN(C)C)c1. The monoisotopic (exact) mass is 508 g/mol. The molecule has 2 aromatic rings. The Labute approximate surface area is 218 Å². The molecule has 2 aliphatic rings. The standard InChI is InChI=1S/C29H36N2O6/c1-19(2)11-14-35-22-8-5-7-20(17-22)26-25(28(33)29(34)31(26)13-6-12-30(3)4)27(32)21-9-10-23-24(18-21)37-16-15-36-23/h5,7-10,17-19,26,32H,6,11-16H2,1-4H3/b27-25+/t26-/m0/s1. The fourth-order valence-electron chi connectivity index (χ4n) is 4.55. The third kappa shape index (κ3) is 6.07. The Morgan fingerprint density at radius 2 is 1.86 bits per heavy atom. The van der Waals surface area contributed by atoms with Crippen molar-refractivity contribution in [1.29, 1.82) is 0 Å². The van der Waals surface area contributed by atoms with Gasteiger partial charge >= 0.3 is 0 Å². The number of ketones is 1.